The van der Waals surface area contributed by atoms with Crippen LogP contribution in [0, 0.1) is 5.92 Å². The number of rotatable bonds is 7. The predicted octanol–water partition coefficient (Wildman–Crippen LogP) is -0.962. The van der Waals surface area contributed by atoms with Crippen LogP contribution >= 0.6 is 37.2 Å². The van der Waals surface area contributed by atoms with Crippen molar-refractivity contribution in [3.63, 3.8) is 0 Å². The van der Waals surface area contributed by atoms with Gasteiger partial charge in [0, 0.05) is 31.4 Å². The van der Waals surface area contributed by atoms with Gasteiger partial charge in [-0.25, -0.2) is 4.98 Å². The Hall–Kier alpha value is -1.08. The Labute approximate surface area is 181 Å². The second kappa shape index (κ2) is 12.5. The van der Waals surface area contributed by atoms with E-state index >= 15 is 0 Å². The minimum atomic E-state index is -1.58. The lowest BCUT2D eigenvalue weighted by atomic mass is 9.75. The fourth-order valence-electron chi connectivity index (χ4n) is 3.22. The first-order valence-corrected chi connectivity index (χ1v) is 8.11. The lowest BCUT2D eigenvalue weighted by Crippen LogP contribution is -2.64. The minimum absolute atomic E-state index is 0. The summed E-state index contributed by atoms with van der Waals surface area (Å²) in [5.74, 6) is -1.83. The van der Waals surface area contributed by atoms with Crippen molar-refractivity contribution in [1.82, 2.24) is 14.9 Å². The number of carboxylic acids is 1. The normalized spacial score (nSPS) is 22.1. The molecule has 0 saturated carbocycles. The molecule has 1 aliphatic rings. The number of piperidine rings is 1. The van der Waals surface area contributed by atoms with Crippen molar-refractivity contribution in [2.24, 2.45) is 17.4 Å². The molecule has 3 atom stereocenters. The summed E-state index contributed by atoms with van der Waals surface area (Å²) in [6.45, 7) is 0.157. The molecule has 28 heavy (non-hydrogen) atoms. The van der Waals surface area contributed by atoms with Gasteiger partial charge >= 0.3 is 13.1 Å². The molecule has 1 amide bonds. The number of carbonyl (C=O) groups excluding carboxylic acids is 1. The van der Waals surface area contributed by atoms with Crippen LogP contribution in [0.5, 0.6) is 0 Å². The zero-order valence-electron chi connectivity index (χ0n) is 15.1. The van der Waals surface area contributed by atoms with E-state index in [1.54, 1.807) is 6.20 Å². The van der Waals surface area contributed by atoms with Gasteiger partial charge in [-0.1, -0.05) is 6.42 Å². The summed E-state index contributed by atoms with van der Waals surface area (Å²) in [6.07, 6.45) is 3.90. The van der Waals surface area contributed by atoms with Gasteiger partial charge in [0.2, 0.25) is 5.91 Å². The fraction of sp³-hybridized carbons (Fsp3) is 0.643. The molecule has 0 aliphatic carbocycles. The molecule has 2 rings (SSSR count). The summed E-state index contributed by atoms with van der Waals surface area (Å²) in [4.78, 5) is 32.3. The van der Waals surface area contributed by atoms with E-state index < -0.39 is 24.7 Å². The summed E-state index contributed by atoms with van der Waals surface area (Å²) >= 11 is 0. The van der Waals surface area contributed by atoms with Crippen LogP contribution in [-0.2, 0) is 16.0 Å². The third-order valence-corrected chi connectivity index (χ3v) is 4.49. The van der Waals surface area contributed by atoms with E-state index in [0.29, 0.717) is 12.1 Å². The molecule has 162 valence electrons. The smallest absolute Gasteiger partial charge is 0.451 e. The van der Waals surface area contributed by atoms with Crippen LogP contribution in [0.25, 0.3) is 0 Å². The summed E-state index contributed by atoms with van der Waals surface area (Å²) in [5.41, 5.74) is 11.1. The number of halogens is 3. The molecule has 14 heteroatoms. The Kier molecular flexibility index (Phi) is 13.0. The standard InChI is InChI=1S/C14H24BN5O5.3ClH/c16-11(3-10-5-18-8-19-10)12(21)20-6-9(1-2-15(24)25)4-14(17,7-20)13(22)23;;;/h5,8-9,11,24-25H,1-4,6-7,16-17H2,(H,18,19)(H,22,23);3*1H/t9-,11-,14+;;;/m0.../s1. The molecular weight excluding hydrogens is 435 g/mol. The number of aromatic amines is 1. The Morgan fingerprint density at radius 1 is 1.39 bits per heavy atom. The van der Waals surface area contributed by atoms with Gasteiger partial charge in [-0.2, -0.15) is 0 Å². The molecule has 1 fully saturated rings. The Balaban J connectivity index is 0. The number of aliphatic carboxylic acids is 1. The third-order valence-electron chi connectivity index (χ3n) is 4.49. The van der Waals surface area contributed by atoms with Crippen LogP contribution in [0.4, 0.5) is 0 Å². The number of carboxylic acid groups (broad SMARTS) is 1. The fourth-order valence-corrected chi connectivity index (χ4v) is 3.22. The molecule has 1 aromatic rings. The van der Waals surface area contributed by atoms with E-state index in [9.17, 15) is 14.7 Å². The quantitative estimate of drug-likeness (QED) is 0.280. The van der Waals surface area contributed by atoms with E-state index in [1.165, 1.54) is 11.2 Å². The highest BCUT2D eigenvalue weighted by Gasteiger charge is 2.44. The second-order valence-electron chi connectivity index (χ2n) is 6.70. The number of likely N-dealkylation sites (tertiary alicyclic amines) is 1. The summed E-state index contributed by atoms with van der Waals surface area (Å²) < 4.78 is 0. The zero-order chi connectivity index (χ0) is 18.6. The van der Waals surface area contributed by atoms with Gasteiger partial charge in [-0.15, -0.1) is 37.2 Å². The second-order valence-corrected chi connectivity index (χ2v) is 6.70. The maximum atomic E-state index is 12.6. The number of imidazole rings is 1. The largest absolute Gasteiger partial charge is 0.480 e. The van der Waals surface area contributed by atoms with E-state index in [0.717, 1.165) is 0 Å². The minimum Gasteiger partial charge on any atom is -0.480 e. The van der Waals surface area contributed by atoms with Crippen molar-refractivity contribution >= 4 is 56.2 Å². The molecule has 0 spiro atoms. The molecule has 10 nitrogen and oxygen atoms in total. The lowest BCUT2D eigenvalue weighted by Gasteiger charge is -2.42. The van der Waals surface area contributed by atoms with Crippen LogP contribution in [0.15, 0.2) is 12.5 Å². The van der Waals surface area contributed by atoms with Gasteiger partial charge in [0.05, 0.1) is 12.4 Å². The van der Waals surface area contributed by atoms with Crippen molar-refractivity contribution in [3.8, 4) is 0 Å². The van der Waals surface area contributed by atoms with Crippen LogP contribution < -0.4 is 11.5 Å². The lowest BCUT2D eigenvalue weighted by molar-refractivity contribution is -0.149. The first-order valence-electron chi connectivity index (χ1n) is 8.11. The molecule has 0 unspecified atom stereocenters. The molecule has 0 radical (unpaired) electrons. The number of hydrogen-bond donors (Lipinski definition) is 6. The van der Waals surface area contributed by atoms with E-state index in [4.69, 9.17) is 21.5 Å². The number of nitrogens with zero attached hydrogens (tertiary/aromatic N) is 2. The molecule has 1 saturated heterocycles. The average Bonchev–Trinajstić information content (AvgIpc) is 3.04. The highest BCUT2D eigenvalue weighted by molar-refractivity contribution is 6.40. The van der Waals surface area contributed by atoms with Gasteiger partial charge in [0.1, 0.15) is 5.54 Å². The molecule has 1 aliphatic heterocycles. The molecule has 1 aromatic heterocycles. The van der Waals surface area contributed by atoms with Crippen LogP contribution in [-0.4, -0.2) is 73.7 Å². The van der Waals surface area contributed by atoms with E-state index in [1.807, 2.05) is 0 Å². The van der Waals surface area contributed by atoms with Crippen molar-refractivity contribution in [1.29, 1.82) is 0 Å². The Morgan fingerprint density at radius 2 is 2.04 bits per heavy atom. The number of amides is 1. The van der Waals surface area contributed by atoms with Gasteiger partial charge in [-0.05, 0) is 18.7 Å². The number of nitrogens with one attached hydrogen (secondary N) is 1. The Morgan fingerprint density at radius 3 is 2.54 bits per heavy atom. The van der Waals surface area contributed by atoms with Crippen molar-refractivity contribution in [3.05, 3.63) is 18.2 Å². The van der Waals surface area contributed by atoms with E-state index in [-0.39, 0.29) is 81.3 Å². The van der Waals surface area contributed by atoms with Crippen molar-refractivity contribution in [2.45, 2.75) is 37.2 Å². The predicted molar refractivity (Wildman–Crippen MR) is 111 cm³/mol. The van der Waals surface area contributed by atoms with E-state index in [2.05, 4.69) is 9.97 Å². The number of H-pyrrole nitrogens is 1. The van der Waals surface area contributed by atoms with Gasteiger partial charge in [0.25, 0.3) is 0 Å². The summed E-state index contributed by atoms with van der Waals surface area (Å²) in [7, 11) is -1.48. The molecule has 8 N–H and O–H groups in total. The summed E-state index contributed by atoms with van der Waals surface area (Å²) in [6, 6.07) is -0.847. The van der Waals surface area contributed by atoms with Crippen LogP contribution in [0.1, 0.15) is 18.5 Å². The maximum Gasteiger partial charge on any atom is 0.451 e. The number of hydrogen-bond acceptors (Lipinski definition) is 7. The van der Waals surface area contributed by atoms with Crippen LogP contribution in [0.3, 0.4) is 0 Å². The van der Waals surface area contributed by atoms with Crippen molar-refractivity contribution < 1.29 is 24.7 Å². The topological polar surface area (TPSA) is 179 Å². The first kappa shape index (κ1) is 29.1. The molecule has 0 aromatic carbocycles. The third kappa shape index (κ3) is 7.74. The van der Waals surface area contributed by atoms with Crippen LogP contribution in [0.2, 0.25) is 6.32 Å². The average molecular weight is 463 g/mol. The molecular formula is C14H27BCl3N5O5. The SMILES string of the molecule is Cl.Cl.Cl.N[C@@H](Cc1cnc[nH]1)C(=O)N1C[C@@H](CCB(O)O)C[C@](N)(C(=O)O)C1. The number of aromatic nitrogens is 2. The monoisotopic (exact) mass is 461 g/mol. The highest BCUT2D eigenvalue weighted by atomic mass is 35.5. The summed E-state index contributed by atoms with van der Waals surface area (Å²) in [5, 5.41) is 27.5. The van der Waals surface area contributed by atoms with Gasteiger partial charge < -0.3 is 36.5 Å². The Bertz CT molecular complexity index is 612. The molecule has 2 heterocycles. The maximum absolute atomic E-state index is 12.6. The molecule has 0 bridgehead atoms. The first-order chi connectivity index (χ1) is 11.7. The number of carbonyl (C=O) groups is 2. The number of nitrogens with two attached hydrogens (primary N) is 2. The van der Waals surface area contributed by atoms with Crippen molar-refractivity contribution in [2.75, 3.05) is 13.1 Å². The zero-order valence-corrected chi connectivity index (χ0v) is 17.5. The highest BCUT2D eigenvalue weighted by Crippen LogP contribution is 2.28. The van der Waals surface area contributed by atoms with Gasteiger partial charge in [0.15, 0.2) is 0 Å². The van der Waals surface area contributed by atoms with Gasteiger partial charge in [-0.3, -0.25) is 9.59 Å².